The molecule has 0 unspecified atom stereocenters. The summed E-state index contributed by atoms with van der Waals surface area (Å²) in [6, 6.07) is 20.9. The number of nitrogens with zero attached hydrogens (tertiary/aromatic N) is 1. The topological polar surface area (TPSA) is 55.0 Å². The van der Waals surface area contributed by atoms with E-state index in [-0.39, 0.29) is 26.1 Å². The molecule has 0 bridgehead atoms. The van der Waals surface area contributed by atoms with Crippen LogP contribution in [0.3, 0.4) is 0 Å². The fourth-order valence-electron chi connectivity index (χ4n) is 5.00. The van der Waals surface area contributed by atoms with Crippen molar-refractivity contribution >= 4 is 52.7 Å². The Morgan fingerprint density at radius 3 is 2.03 bits per heavy atom. The van der Waals surface area contributed by atoms with Gasteiger partial charge in [0.2, 0.25) is 0 Å². The lowest BCUT2D eigenvalue weighted by Gasteiger charge is -2.43. The Kier molecular flexibility index (Phi) is 7.71. The van der Waals surface area contributed by atoms with Crippen molar-refractivity contribution in [3.05, 3.63) is 98.4 Å². The molecule has 0 radical (unpaired) electrons. The van der Waals surface area contributed by atoms with Crippen LogP contribution in [0.1, 0.15) is 38.4 Å². The summed E-state index contributed by atoms with van der Waals surface area (Å²) >= 11 is 12.0. The van der Waals surface area contributed by atoms with E-state index >= 15 is 0 Å². The number of rotatable bonds is 7. The lowest BCUT2D eigenvalue weighted by atomic mass is 10.0. The van der Waals surface area contributed by atoms with Gasteiger partial charge >= 0.3 is 0 Å². The summed E-state index contributed by atoms with van der Waals surface area (Å²) < 4.78 is 21.8. The summed E-state index contributed by atoms with van der Waals surface area (Å²) in [5.41, 5.74) is 0.751. The summed E-state index contributed by atoms with van der Waals surface area (Å²) in [7, 11) is -2.65. The number of aromatic nitrogens is 2. The molecule has 4 nitrogen and oxygen atoms in total. The first-order chi connectivity index (χ1) is 17.1. The molecule has 0 aliphatic rings. The highest BCUT2D eigenvalue weighted by Crippen LogP contribution is 2.37. The molecule has 188 valence electrons. The largest absolute Gasteiger partial charge is 0.407 e. The maximum atomic E-state index is 14.8. The highest BCUT2D eigenvalue weighted by Gasteiger charge is 2.49. The molecule has 0 saturated carbocycles. The van der Waals surface area contributed by atoms with Gasteiger partial charge in [-0.15, -0.1) is 0 Å². The Bertz CT molecular complexity index is 1400. The molecule has 2 aromatic carbocycles. The van der Waals surface area contributed by atoms with Crippen LogP contribution < -0.4 is 15.9 Å². The molecule has 0 aliphatic carbocycles. The van der Waals surface area contributed by atoms with E-state index in [9.17, 15) is 9.18 Å². The zero-order valence-electron chi connectivity index (χ0n) is 20.8. The Balaban J connectivity index is 1.66. The first kappa shape index (κ1) is 26.5. The molecule has 0 spiro atoms. The molecule has 0 atom stereocenters. The van der Waals surface area contributed by atoms with E-state index in [2.05, 4.69) is 79.3 Å². The molecule has 4 aromatic rings. The van der Waals surface area contributed by atoms with Crippen molar-refractivity contribution in [2.45, 2.75) is 45.6 Å². The van der Waals surface area contributed by atoms with E-state index in [0.29, 0.717) is 30.7 Å². The van der Waals surface area contributed by atoms with Gasteiger partial charge in [0, 0.05) is 17.7 Å². The van der Waals surface area contributed by atoms with Crippen LogP contribution in [0.2, 0.25) is 15.3 Å². The van der Waals surface area contributed by atoms with Crippen molar-refractivity contribution in [1.29, 1.82) is 0 Å². The summed E-state index contributed by atoms with van der Waals surface area (Å²) in [6.45, 7) is 8.93. The molecule has 0 amide bonds. The van der Waals surface area contributed by atoms with Crippen LogP contribution >= 0.6 is 23.2 Å². The zero-order valence-corrected chi connectivity index (χ0v) is 23.3. The van der Waals surface area contributed by atoms with E-state index in [1.54, 1.807) is 6.92 Å². The third-order valence-corrected chi connectivity index (χ3v) is 12.2. The lowest BCUT2D eigenvalue weighted by molar-refractivity contribution is 0.291. The number of halogens is 3. The number of hydrogen-bond donors (Lipinski definition) is 1. The van der Waals surface area contributed by atoms with Crippen molar-refractivity contribution in [3.8, 4) is 0 Å². The molecule has 36 heavy (non-hydrogen) atoms. The molecular formula is C28H29Cl2FN2O2Si. The fourth-order valence-corrected chi connectivity index (χ4v) is 10.1. The van der Waals surface area contributed by atoms with Crippen LogP contribution in [0.4, 0.5) is 4.39 Å². The first-order valence-electron chi connectivity index (χ1n) is 11.9. The number of pyridine rings is 2. The minimum atomic E-state index is -2.65. The monoisotopic (exact) mass is 542 g/mol. The van der Waals surface area contributed by atoms with Crippen LogP contribution in [0.5, 0.6) is 0 Å². The fraction of sp³-hybridized carbons (Fsp3) is 0.286. The number of H-pyrrole nitrogens is 1. The van der Waals surface area contributed by atoms with Crippen molar-refractivity contribution < 1.29 is 8.82 Å². The molecule has 2 heterocycles. The molecule has 1 N–H and O–H groups in total. The van der Waals surface area contributed by atoms with Gasteiger partial charge < -0.3 is 9.41 Å². The summed E-state index contributed by atoms with van der Waals surface area (Å²) in [4.78, 5) is 19.3. The van der Waals surface area contributed by atoms with Gasteiger partial charge in [0.15, 0.2) is 11.0 Å². The minimum absolute atomic E-state index is 0.0170. The third-order valence-electron chi connectivity index (χ3n) is 6.68. The van der Waals surface area contributed by atoms with E-state index < -0.39 is 19.7 Å². The molecule has 2 aromatic heterocycles. The average molecular weight is 544 g/mol. The molecular weight excluding hydrogens is 514 g/mol. The van der Waals surface area contributed by atoms with E-state index in [4.69, 9.17) is 27.6 Å². The SMILES string of the molecule is Cc1c(CCCO[Si](c2ccccc2)(c2ccccc2)C(C)(C)C)[nH]c(=O)c2c(Cl)nc(Cl)c(F)c12. The summed E-state index contributed by atoms with van der Waals surface area (Å²) in [6.07, 6.45) is 1.15. The Hall–Kier alpha value is -2.51. The third kappa shape index (κ3) is 4.75. The van der Waals surface area contributed by atoms with Gasteiger partial charge in [-0.1, -0.05) is 105 Å². The quantitative estimate of drug-likeness (QED) is 0.172. The van der Waals surface area contributed by atoms with Crippen LogP contribution in [0, 0.1) is 12.7 Å². The van der Waals surface area contributed by atoms with Gasteiger partial charge in [-0.05, 0) is 40.7 Å². The van der Waals surface area contributed by atoms with Gasteiger partial charge in [-0.2, -0.15) is 0 Å². The van der Waals surface area contributed by atoms with Crippen molar-refractivity contribution in [3.63, 3.8) is 0 Å². The highest BCUT2D eigenvalue weighted by atomic mass is 35.5. The standard InChI is InChI=1S/C28H29Cl2FN2O2Si/c1-18-21(32-27(34)23-22(18)24(31)26(30)33-25(23)29)16-11-17-35-36(28(2,3)4,19-12-7-5-8-13-19)20-14-9-6-10-15-20/h5-10,12-15H,11,16-17H2,1-4H3,(H,32,34). The Morgan fingerprint density at radius 1 is 0.944 bits per heavy atom. The predicted molar refractivity (Wildman–Crippen MR) is 149 cm³/mol. The van der Waals surface area contributed by atoms with Gasteiger partial charge in [0.25, 0.3) is 13.9 Å². The average Bonchev–Trinajstić information content (AvgIpc) is 2.84. The first-order valence-corrected chi connectivity index (χ1v) is 14.6. The zero-order chi connectivity index (χ0) is 26.1. The number of aryl methyl sites for hydroxylation is 2. The number of benzene rings is 2. The van der Waals surface area contributed by atoms with Crippen LogP contribution in [0.25, 0.3) is 10.8 Å². The van der Waals surface area contributed by atoms with E-state index in [1.807, 2.05) is 12.1 Å². The van der Waals surface area contributed by atoms with E-state index in [1.165, 1.54) is 10.4 Å². The lowest BCUT2D eigenvalue weighted by Crippen LogP contribution is -2.66. The minimum Gasteiger partial charge on any atom is -0.407 e. The highest BCUT2D eigenvalue weighted by molar-refractivity contribution is 6.99. The number of hydrogen-bond acceptors (Lipinski definition) is 3. The maximum absolute atomic E-state index is 14.8. The van der Waals surface area contributed by atoms with Gasteiger partial charge in [0.05, 0.1) is 5.39 Å². The predicted octanol–water partition coefficient (Wildman–Crippen LogP) is 6.19. The number of fused-ring (bicyclic) bond motifs is 1. The van der Waals surface area contributed by atoms with Gasteiger partial charge in [0.1, 0.15) is 5.15 Å². The smallest absolute Gasteiger partial charge is 0.261 e. The van der Waals surface area contributed by atoms with E-state index in [0.717, 1.165) is 0 Å². The number of aromatic amines is 1. The second kappa shape index (κ2) is 10.5. The van der Waals surface area contributed by atoms with Crippen LogP contribution in [-0.2, 0) is 10.8 Å². The Labute approximate surface area is 221 Å². The summed E-state index contributed by atoms with van der Waals surface area (Å²) in [5, 5.41) is 1.96. The normalized spacial score (nSPS) is 12.3. The maximum Gasteiger partial charge on any atom is 0.261 e. The van der Waals surface area contributed by atoms with Crippen molar-refractivity contribution in [1.82, 2.24) is 9.97 Å². The molecule has 8 heteroatoms. The second-order valence-corrected chi connectivity index (χ2v) is 15.0. The Morgan fingerprint density at radius 2 is 1.50 bits per heavy atom. The van der Waals surface area contributed by atoms with Crippen LogP contribution in [-0.4, -0.2) is 24.9 Å². The van der Waals surface area contributed by atoms with Crippen molar-refractivity contribution in [2.75, 3.05) is 6.61 Å². The molecule has 4 rings (SSSR count). The summed E-state index contributed by atoms with van der Waals surface area (Å²) in [5.74, 6) is -0.732. The molecule has 0 saturated heterocycles. The van der Waals surface area contributed by atoms with Gasteiger partial charge in [-0.3, -0.25) is 4.79 Å². The molecule has 0 fully saturated rings. The van der Waals surface area contributed by atoms with Gasteiger partial charge in [-0.25, -0.2) is 9.37 Å². The van der Waals surface area contributed by atoms with Crippen LogP contribution in [0.15, 0.2) is 65.5 Å². The van der Waals surface area contributed by atoms with Crippen molar-refractivity contribution in [2.24, 2.45) is 0 Å². The number of nitrogens with one attached hydrogen (secondary N) is 1. The second-order valence-electron chi connectivity index (χ2n) is 9.93. The molecule has 0 aliphatic heterocycles.